The Kier molecular flexibility index (Phi) is 12.8. The number of aliphatic hydroxyl groups is 1. The van der Waals surface area contributed by atoms with Gasteiger partial charge in [-0.2, -0.15) is 0 Å². The number of hydrogen-bond acceptors (Lipinski definition) is 8. The smallest absolute Gasteiger partial charge is 0.248 e. The molecule has 0 bridgehead atoms. The lowest BCUT2D eigenvalue weighted by atomic mass is 9.95. The standard InChI is InChI=1S/C32H48N2O6/c1-7-9-16-39-32(5)20-25(35)18-26(40-32)19-29(36-6)27-21-38-31(34-27)28-22-37-30(33-28)15-12-10-11-14-24(4)17-23(3)13-8-2/h8,10-11,13,17,21-23,25-26,29,35H,7,9,12,14-16,18-20H2,1-6H3/t23-,25-,26-,29-,32-/m0/s1. The van der Waals surface area contributed by atoms with Gasteiger partial charge < -0.3 is 28.2 Å². The molecular formula is C32H48N2O6. The minimum atomic E-state index is -0.808. The molecule has 3 rings (SSSR count). The first-order valence-corrected chi connectivity index (χ1v) is 14.6. The number of unbranched alkanes of at least 4 members (excludes halogenated alkanes) is 1. The summed E-state index contributed by atoms with van der Waals surface area (Å²) in [4.78, 5) is 9.18. The van der Waals surface area contributed by atoms with Gasteiger partial charge in [-0.25, -0.2) is 9.97 Å². The average molecular weight is 557 g/mol. The molecule has 0 aromatic carbocycles. The van der Waals surface area contributed by atoms with Gasteiger partial charge in [0.1, 0.15) is 24.3 Å². The Balaban J connectivity index is 1.52. The zero-order chi connectivity index (χ0) is 29.0. The summed E-state index contributed by atoms with van der Waals surface area (Å²) in [5.41, 5.74) is 2.56. The van der Waals surface area contributed by atoms with Crippen LogP contribution in [-0.2, 0) is 20.6 Å². The predicted molar refractivity (Wildman–Crippen MR) is 156 cm³/mol. The van der Waals surface area contributed by atoms with Crippen LogP contribution < -0.4 is 0 Å². The van der Waals surface area contributed by atoms with E-state index in [0.717, 1.165) is 25.7 Å². The highest BCUT2D eigenvalue weighted by Crippen LogP contribution is 2.35. The molecule has 1 aliphatic heterocycles. The molecule has 0 spiro atoms. The fourth-order valence-corrected chi connectivity index (χ4v) is 5.06. The Bertz CT molecular complexity index is 1100. The van der Waals surface area contributed by atoms with Crippen LogP contribution in [0.4, 0.5) is 0 Å². The number of oxazole rings is 2. The fraction of sp³-hybridized carbons (Fsp3) is 0.625. The van der Waals surface area contributed by atoms with Crippen LogP contribution in [0, 0.1) is 5.92 Å². The van der Waals surface area contributed by atoms with Gasteiger partial charge in [-0.05, 0) is 52.4 Å². The van der Waals surface area contributed by atoms with Crippen LogP contribution in [0.1, 0.15) is 97.3 Å². The van der Waals surface area contributed by atoms with Crippen LogP contribution in [0.25, 0.3) is 11.6 Å². The van der Waals surface area contributed by atoms with Crippen LogP contribution in [0.15, 0.2) is 57.3 Å². The highest BCUT2D eigenvalue weighted by molar-refractivity contribution is 5.44. The van der Waals surface area contributed by atoms with Crippen molar-refractivity contribution in [3.8, 4) is 11.6 Å². The van der Waals surface area contributed by atoms with Gasteiger partial charge >= 0.3 is 0 Å². The van der Waals surface area contributed by atoms with Gasteiger partial charge in [-0.1, -0.05) is 56.2 Å². The van der Waals surface area contributed by atoms with Crippen molar-refractivity contribution in [3.05, 3.63) is 60.1 Å². The van der Waals surface area contributed by atoms with Crippen molar-refractivity contribution in [2.45, 2.75) is 110 Å². The summed E-state index contributed by atoms with van der Waals surface area (Å²) < 4.78 is 29.4. The molecule has 0 saturated carbocycles. The highest BCUT2D eigenvalue weighted by atomic mass is 16.7. The van der Waals surface area contributed by atoms with E-state index >= 15 is 0 Å². The molecule has 0 radical (unpaired) electrons. The van der Waals surface area contributed by atoms with E-state index in [1.807, 2.05) is 13.8 Å². The number of rotatable bonds is 16. The first-order valence-electron chi connectivity index (χ1n) is 14.6. The molecule has 222 valence electrons. The molecule has 40 heavy (non-hydrogen) atoms. The van der Waals surface area contributed by atoms with Crippen molar-refractivity contribution in [3.63, 3.8) is 0 Å². The minimum Gasteiger partial charge on any atom is -0.448 e. The average Bonchev–Trinajstić information content (AvgIpc) is 3.57. The number of allylic oxidation sites excluding steroid dienone is 6. The molecule has 8 nitrogen and oxygen atoms in total. The van der Waals surface area contributed by atoms with Gasteiger partial charge in [0, 0.05) is 26.4 Å². The van der Waals surface area contributed by atoms with Crippen LogP contribution in [0.2, 0.25) is 0 Å². The molecule has 3 heterocycles. The van der Waals surface area contributed by atoms with Crippen molar-refractivity contribution in [1.29, 1.82) is 0 Å². The lowest BCUT2D eigenvalue weighted by Gasteiger charge is -2.41. The number of hydrogen-bond donors (Lipinski definition) is 1. The molecule has 1 N–H and O–H groups in total. The second-order valence-corrected chi connectivity index (χ2v) is 10.9. The van der Waals surface area contributed by atoms with Crippen molar-refractivity contribution in [2.75, 3.05) is 13.7 Å². The van der Waals surface area contributed by atoms with Gasteiger partial charge in [-0.15, -0.1) is 0 Å². The molecule has 5 atom stereocenters. The van der Waals surface area contributed by atoms with E-state index in [0.29, 0.717) is 61.4 Å². The largest absolute Gasteiger partial charge is 0.448 e. The van der Waals surface area contributed by atoms with Crippen molar-refractivity contribution in [1.82, 2.24) is 9.97 Å². The van der Waals surface area contributed by atoms with E-state index in [1.54, 1.807) is 19.6 Å². The van der Waals surface area contributed by atoms with E-state index in [9.17, 15) is 5.11 Å². The van der Waals surface area contributed by atoms with Gasteiger partial charge in [0.15, 0.2) is 17.4 Å². The minimum absolute atomic E-state index is 0.233. The molecule has 2 aromatic rings. The lowest BCUT2D eigenvalue weighted by Crippen LogP contribution is -2.46. The Labute approximate surface area is 239 Å². The molecule has 1 aliphatic rings. The summed E-state index contributed by atoms with van der Waals surface area (Å²) in [5, 5.41) is 10.5. The second kappa shape index (κ2) is 16.1. The summed E-state index contributed by atoms with van der Waals surface area (Å²) in [5.74, 6) is 0.676. The molecule has 0 amide bonds. The molecule has 1 fully saturated rings. The van der Waals surface area contributed by atoms with E-state index < -0.39 is 11.9 Å². The second-order valence-electron chi connectivity index (χ2n) is 10.9. The monoisotopic (exact) mass is 556 g/mol. The Morgan fingerprint density at radius 2 is 2.08 bits per heavy atom. The first-order chi connectivity index (χ1) is 19.2. The van der Waals surface area contributed by atoms with Crippen molar-refractivity contribution < 1.29 is 28.2 Å². The number of aryl methyl sites for hydroxylation is 1. The van der Waals surface area contributed by atoms with Gasteiger partial charge in [0.25, 0.3) is 0 Å². The third kappa shape index (κ3) is 10.1. The van der Waals surface area contributed by atoms with Crippen LogP contribution in [0.3, 0.4) is 0 Å². The Morgan fingerprint density at radius 3 is 2.83 bits per heavy atom. The highest BCUT2D eigenvalue weighted by Gasteiger charge is 2.39. The summed E-state index contributed by atoms with van der Waals surface area (Å²) in [6.07, 6.45) is 19.0. The maximum atomic E-state index is 10.5. The summed E-state index contributed by atoms with van der Waals surface area (Å²) in [7, 11) is 1.64. The number of aromatic nitrogens is 2. The van der Waals surface area contributed by atoms with Gasteiger partial charge in [0.05, 0.1) is 18.8 Å². The SMILES string of the molecule is CC=C[C@H](C)C=C(C)CC=CCCc1nc(-c2nc([C@H](C[C@@H]3C[C@H](O)C[C@@](C)(OCCCC)O3)OC)co2)co1. The number of ether oxygens (including phenoxy) is 3. The first kappa shape index (κ1) is 32.0. The molecule has 1 saturated heterocycles. The van der Waals surface area contributed by atoms with Crippen LogP contribution in [0.5, 0.6) is 0 Å². The number of aliphatic hydroxyl groups excluding tert-OH is 1. The number of nitrogens with zero attached hydrogens (tertiary/aromatic N) is 2. The summed E-state index contributed by atoms with van der Waals surface area (Å²) in [6.45, 7) is 11.0. The molecule has 2 aromatic heterocycles. The summed E-state index contributed by atoms with van der Waals surface area (Å²) >= 11 is 0. The van der Waals surface area contributed by atoms with E-state index in [4.69, 9.17) is 23.0 Å². The summed E-state index contributed by atoms with van der Waals surface area (Å²) in [6, 6.07) is 0. The fourth-order valence-electron chi connectivity index (χ4n) is 5.06. The van der Waals surface area contributed by atoms with Gasteiger partial charge in [0.2, 0.25) is 5.89 Å². The zero-order valence-electron chi connectivity index (χ0n) is 25.1. The molecule has 0 unspecified atom stereocenters. The van der Waals surface area contributed by atoms with Gasteiger partial charge in [-0.3, -0.25) is 0 Å². The van der Waals surface area contributed by atoms with Crippen molar-refractivity contribution in [2.24, 2.45) is 5.92 Å². The third-order valence-electron chi connectivity index (χ3n) is 7.02. The van der Waals surface area contributed by atoms with Crippen LogP contribution >= 0.6 is 0 Å². The zero-order valence-corrected chi connectivity index (χ0v) is 25.1. The Hall–Kier alpha value is -2.52. The Morgan fingerprint density at radius 1 is 1.25 bits per heavy atom. The number of methoxy groups -OCH3 is 1. The maximum Gasteiger partial charge on any atom is 0.248 e. The third-order valence-corrected chi connectivity index (χ3v) is 7.02. The predicted octanol–water partition coefficient (Wildman–Crippen LogP) is 7.52. The lowest BCUT2D eigenvalue weighted by molar-refractivity contribution is -0.289. The topological polar surface area (TPSA) is 100.0 Å². The molecule has 0 aliphatic carbocycles. The molecule has 8 heteroatoms. The maximum absolute atomic E-state index is 10.5. The normalized spacial score (nSPS) is 23.8. The van der Waals surface area contributed by atoms with E-state index in [1.165, 1.54) is 5.57 Å². The van der Waals surface area contributed by atoms with Crippen LogP contribution in [-0.4, -0.2) is 46.8 Å². The van der Waals surface area contributed by atoms with E-state index in [2.05, 4.69) is 61.1 Å². The molecular weight excluding hydrogens is 508 g/mol. The van der Waals surface area contributed by atoms with Crippen molar-refractivity contribution >= 4 is 0 Å². The van der Waals surface area contributed by atoms with E-state index in [-0.39, 0.29) is 12.2 Å². The quantitative estimate of drug-likeness (QED) is 0.167.